The van der Waals surface area contributed by atoms with Crippen LogP contribution < -0.4 is 0 Å². The summed E-state index contributed by atoms with van der Waals surface area (Å²) in [5.74, 6) is -3.65. The molecule has 0 spiro atoms. The third kappa shape index (κ3) is 5.62. The average molecular weight is 467 g/mol. The molecule has 2 aromatic carbocycles. The Bertz CT molecular complexity index is 1010. The summed E-state index contributed by atoms with van der Waals surface area (Å²) in [4.78, 5) is 21.0. The first-order valence-corrected chi connectivity index (χ1v) is 11.5. The minimum Gasteiger partial charge on any atom is -0.473 e. The van der Waals surface area contributed by atoms with Gasteiger partial charge in [-0.05, 0) is 48.2 Å². The molecule has 0 radical (unpaired) electrons. The maximum atomic E-state index is 12.8. The van der Waals surface area contributed by atoms with Crippen molar-refractivity contribution in [2.45, 2.75) is 23.8 Å². The van der Waals surface area contributed by atoms with Gasteiger partial charge in [0.25, 0.3) is 0 Å². The number of sulfonamides is 1. The van der Waals surface area contributed by atoms with Gasteiger partial charge in [-0.15, -0.1) is 0 Å². The summed E-state index contributed by atoms with van der Waals surface area (Å²) in [7, 11) is -3.43. The first-order valence-electron chi connectivity index (χ1n) is 9.71. The molecule has 2 aliphatic rings. The van der Waals surface area contributed by atoms with Crippen molar-refractivity contribution in [2.24, 2.45) is 0 Å². The van der Waals surface area contributed by atoms with Crippen LogP contribution in [0.4, 0.5) is 0 Å². The molecule has 0 bridgehead atoms. The lowest BCUT2D eigenvalue weighted by atomic mass is 10.1. The van der Waals surface area contributed by atoms with Gasteiger partial charge in [0.05, 0.1) is 4.90 Å². The number of rotatable bonds is 3. The minimum absolute atomic E-state index is 0.318. The van der Waals surface area contributed by atoms with Gasteiger partial charge in [-0.25, -0.2) is 18.0 Å². The van der Waals surface area contributed by atoms with Crippen molar-refractivity contribution >= 4 is 33.6 Å². The molecule has 31 heavy (non-hydrogen) atoms. The number of benzene rings is 2. The molecular formula is C21H23ClN2O6S. The number of aliphatic carboxylic acids is 2. The van der Waals surface area contributed by atoms with Crippen molar-refractivity contribution in [3.8, 4) is 0 Å². The lowest BCUT2D eigenvalue weighted by molar-refractivity contribution is -0.159. The van der Waals surface area contributed by atoms with Gasteiger partial charge in [0.15, 0.2) is 0 Å². The molecule has 1 fully saturated rings. The molecule has 1 aliphatic carbocycles. The molecule has 0 atom stereocenters. The van der Waals surface area contributed by atoms with Gasteiger partial charge in [0.2, 0.25) is 10.0 Å². The van der Waals surface area contributed by atoms with Crippen LogP contribution in [0.1, 0.15) is 11.1 Å². The Balaban J connectivity index is 0.000000401. The normalized spacial score (nSPS) is 17.5. The number of carboxylic acids is 2. The number of nitrogens with zero attached hydrogens (tertiary/aromatic N) is 2. The molecule has 8 nitrogen and oxygen atoms in total. The van der Waals surface area contributed by atoms with Crippen LogP contribution in [0.5, 0.6) is 0 Å². The third-order valence-electron chi connectivity index (χ3n) is 5.45. The van der Waals surface area contributed by atoms with Gasteiger partial charge in [0, 0.05) is 37.2 Å². The quantitative estimate of drug-likeness (QED) is 0.664. The highest BCUT2D eigenvalue weighted by molar-refractivity contribution is 7.89. The van der Waals surface area contributed by atoms with Crippen LogP contribution in [0.3, 0.4) is 0 Å². The number of halogens is 1. The second-order valence-electron chi connectivity index (χ2n) is 7.34. The fraction of sp³-hybridized carbons (Fsp3) is 0.333. The highest BCUT2D eigenvalue weighted by atomic mass is 35.5. The topological polar surface area (TPSA) is 115 Å². The van der Waals surface area contributed by atoms with E-state index in [0.717, 1.165) is 25.9 Å². The molecule has 0 saturated carbocycles. The zero-order chi connectivity index (χ0) is 22.6. The van der Waals surface area contributed by atoms with Crippen LogP contribution in [-0.2, 0) is 32.5 Å². The number of fused-ring (bicyclic) bond motifs is 1. The van der Waals surface area contributed by atoms with Crippen LogP contribution in [-0.4, -0.2) is 72.0 Å². The highest BCUT2D eigenvalue weighted by Gasteiger charge is 2.33. The summed E-state index contributed by atoms with van der Waals surface area (Å²) in [5.41, 5.74) is 2.87. The molecule has 10 heteroatoms. The number of hydrogen-bond donors (Lipinski definition) is 2. The largest absolute Gasteiger partial charge is 0.473 e. The second kappa shape index (κ2) is 9.78. The fourth-order valence-corrected chi connectivity index (χ4v) is 5.41. The van der Waals surface area contributed by atoms with E-state index in [2.05, 4.69) is 29.2 Å². The summed E-state index contributed by atoms with van der Waals surface area (Å²) in [6.45, 7) is 2.65. The molecule has 0 aromatic heterocycles. The Morgan fingerprint density at radius 3 is 1.77 bits per heavy atom. The van der Waals surface area contributed by atoms with E-state index in [1.54, 1.807) is 28.6 Å². The summed E-state index contributed by atoms with van der Waals surface area (Å²) in [6.07, 6.45) is 2.14. The second-order valence-corrected chi connectivity index (χ2v) is 9.71. The van der Waals surface area contributed by atoms with Crippen molar-refractivity contribution in [3.63, 3.8) is 0 Å². The van der Waals surface area contributed by atoms with Crippen molar-refractivity contribution in [1.29, 1.82) is 0 Å². The van der Waals surface area contributed by atoms with Gasteiger partial charge in [-0.2, -0.15) is 4.31 Å². The maximum absolute atomic E-state index is 12.8. The van der Waals surface area contributed by atoms with Crippen LogP contribution >= 0.6 is 11.6 Å². The Hall–Kier alpha value is -2.46. The first-order chi connectivity index (χ1) is 14.7. The zero-order valence-electron chi connectivity index (χ0n) is 16.6. The number of carbonyl (C=O) groups is 2. The van der Waals surface area contributed by atoms with Gasteiger partial charge in [-0.3, -0.25) is 4.90 Å². The summed E-state index contributed by atoms with van der Waals surface area (Å²) < 4.78 is 27.1. The van der Waals surface area contributed by atoms with Crippen molar-refractivity contribution in [3.05, 3.63) is 64.7 Å². The molecule has 1 saturated heterocycles. The van der Waals surface area contributed by atoms with Crippen LogP contribution in [0.25, 0.3) is 0 Å². The lowest BCUT2D eigenvalue weighted by Crippen LogP contribution is -2.52. The maximum Gasteiger partial charge on any atom is 0.414 e. The van der Waals surface area contributed by atoms with E-state index in [-0.39, 0.29) is 0 Å². The molecule has 0 unspecified atom stereocenters. The molecule has 1 heterocycles. The van der Waals surface area contributed by atoms with Gasteiger partial charge >= 0.3 is 11.9 Å². The smallest absolute Gasteiger partial charge is 0.414 e. The molecule has 4 rings (SSSR count). The molecule has 2 aromatic rings. The lowest BCUT2D eigenvalue weighted by Gasteiger charge is -2.37. The monoisotopic (exact) mass is 466 g/mol. The Kier molecular flexibility index (Phi) is 7.32. The number of carboxylic acid groups (broad SMARTS) is 2. The van der Waals surface area contributed by atoms with Crippen molar-refractivity contribution < 1.29 is 28.2 Å². The van der Waals surface area contributed by atoms with E-state index in [1.807, 2.05) is 0 Å². The highest BCUT2D eigenvalue weighted by Crippen LogP contribution is 2.27. The summed E-state index contributed by atoms with van der Waals surface area (Å²) in [6, 6.07) is 15.5. The van der Waals surface area contributed by atoms with Crippen molar-refractivity contribution in [1.82, 2.24) is 9.21 Å². The van der Waals surface area contributed by atoms with Crippen molar-refractivity contribution in [2.75, 3.05) is 26.2 Å². The molecule has 166 valence electrons. The Labute approximate surface area is 185 Å². The molecule has 2 N–H and O–H groups in total. The molecular weight excluding hydrogens is 444 g/mol. The standard InChI is InChI=1S/C19H21ClN2O2S.C2H2O4/c20-17-5-7-19(8-6-17)25(23,24)22-11-9-21(10-12-22)18-13-15-3-1-2-4-16(15)14-18;3-1(4)2(5)6/h1-8,18H,9-14H2;(H,3,4)(H,5,6). The molecule has 0 amide bonds. The average Bonchev–Trinajstić information content (AvgIpc) is 3.19. The summed E-state index contributed by atoms with van der Waals surface area (Å²) >= 11 is 5.86. The van der Waals surface area contributed by atoms with Gasteiger partial charge in [-0.1, -0.05) is 35.9 Å². The third-order valence-corrected chi connectivity index (χ3v) is 7.62. The van der Waals surface area contributed by atoms with Gasteiger partial charge < -0.3 is 10.2 Å². The van der Waals surface area contributed by atoms with E-state index in [1.165, 1.54) is 11.1 Å². The number of piperazine rings is 1. The van der Waals surface area contributed by atoms with E-state index in [4.69, 9.17) is 31.4 Å². The van der Waals surface area contributed by atoms with E-state index >= 15 is 0 Å². The zero-order valence-corrected chi connectivity index (χ0v) is 18.2. The molecule has 1 aliphatic heterocycles. The summed E-state index contributed by atoms with van der Waals surface area (Å²) in [5, 5.41) is 15.3. The van der Waals surface area contributed by atoms with E-state index in [9.17, 15) is 8.42 Å². The van der Waals surface area contributed by atoms with E-state index < -0.39 is 22.0 Å². The van der Waals surface area contributed by atoms with Crippen LogP contribution in [0.2, 0.25) is 5.02 Å². The van der Waals surface area contributed by atoms with Crippen LogP contribution in [0.15, 0.2) is 53.4 Å². The predicted molar refractivity (Wildman–Crippen MR) is 115 cm³/mol. The SMILES string of the molecule is O=C(O)C(=O)O.O=S(=O)(c1ccc(Cl)cc1)N1CCN(C2Cc3ccccc3C2)CC1. The fourth-order valence-electron chi connectivity index (χ4n) is 3.86. The van der Waals surface area contributed by atoms with Gasteiger partial charge in [0.1, 0.15) is 0 Å². The first kappa shape index (κ1) is 23.2. The predicted octanol–water partition coefficient (Wildman–Crippen LogP) is 1.97. The Morgan fingerprint density at radius 2 is 1.32 bits per heavy atom. The number of hydrogen-bond acceptors (Lipinski definition) is 5. The minimum atomic E-state index is -3.43. The Morgan fingerprint density at radius 1 is 0.839 bits per heavy atom. The van der Waals surface area contributed by atoms with Crippen LogP contribution in [0, 0.1) is 0 Å². The van der Waals surface area contributed by atoms with E-state index in [0.29, 0.717) is 29.0 Å².